The van der Waals surface area contributed by atoms with Crippen LogP contribution in [-0.2, 0) is 5.54 Å². The Kier molecular flexibility index (Phi) is 3.61. The van der Waals surface area contributed by atoms with Gasteiger partial charge in [-0.25, -0.2) is 0 Å². The van der Waals surface area contributed by atoms with Gasteiger partial charge in [0.15, 0.2) is 0 Å². The molecular formula is C21H20N4. The zero-order valence-electron chi connectivity index (χ0n) is 14.6. The molecule has 0 aliphatic carbocycles. The van der Waals surface area contributed by atoms with Crippen LogP contribution in [0.2, 0.25) is 0 Å². The third-order valence-electron chi connectivity index (χ3n) is 4.26. The summed E-state index contributed by atoms with van der Waals surface area (Å²) in [5.41, 5.74) is 3.10. The van der Waals surface area contributed by atoms with Gasteiger partial charge in [0.1, 0.15) is 0 Å². The third-order valence-corrected chi connectivity index (χ3v) is 4.26. The molecule has 0 aliphatic rings. The Balaban J connectivity index is 1.92. The monoisotopic (exact) mass is 328 g/mol. The van der Waals surface area contributed by atoms with Gasteiger partial charge in [-0.2, -0.15) is 4.80 Å². The summed E-state index contributed by atoms with van der Waals surface area (Å²) in [4.78, 5) is 1.67. The van der Waals surface area contributed by atoms with Gasteiger partial charge < -0.3 is 0 Å². The highest BCUT2D eigenvalue weighted by molar-refractivity contribution is 5.99. The molecule has 0 fully saturated rings. The summed E-state index contributed by atoms with van der Waals surface area (Å²) in [5.74, 6) is 0.651. The number of fused-ring (bicyclic) bond motifs is 1. The van der Waals surface area contributed by atoms with E-state index in [1.54, 1.807) is 4.80 Å². The van der Waals surface area contributed by atoms with E-state index in [4.69, 9.17) is 0 Å². The van der Waals surface area contributed by atoms with Crippen LogP contribution in [0.4, 0.5) is 0 Å². The van der Waals surface area contributed by atoms with Gasteiger partial charge in [0, 0.05) is 5.56 Å². The fourth-order valence-corrected chi connectivity index (χ4v) is 2.98. The third kappa shape index (κ3) is 2.80. The van der Waals surface area contributed by atoms with Crippen LogP contribution >= 0.6 is 0 Å². The van der Waals surface area contributed by atoms with Crippen molar-refractivity contribution in [2.24, 2.45) is 0 Å². The Bertz CT molecular complexity index is 1040. The Morgan fingerprint density at radius 3 is 2.12 bits per heavy atom. The molecule has 0 atom stereocenters. The van der Waals surface area contributed by atoms with E-state index in [0.29, 0.717) is 5.82 Å². The Hall–Kier alpha value is -3.01. The zero-order valence-corrected chi connectivity index (χ0v) is 14.6. The molecule has 0 N–H and O–H groups in total. The van der Waals surface area contributed by atoms with Crippen LogP contribution in [0.25, 0.3) is 33.3 Å². The summed E-state index contributed by atoms with van der Waals surface area (Å²) in [6.07, 6.45) is 0. The van der Waals surface area contributed by atoms with Gasteiger partial charge >= 0.3 is 0 Å². The van der Waals surface area contributed by atoms with E-state index in [0.717, 1.165) is 11.1 Å². The number of rotatable bonds is 2. The lowest BCUT2D eigenvalue weighted by Gasteiger charge is -2.15. The molecule has 4 nitrogen and oxygen atoms in total. The van der Waals surface area contributed by atoms with E-state index in [1.165, 1.54) is 16.3 Å². The van der Waals surface area contributed by atoms with Crippen LogP contribution in [-0.4, -0.2) is 20.2 Å². The molecule has 4 heteroatoms. The van der Waals surface area contributed by atoms with Crippen molar-refractivity contribution in [3.05, 3.63) is 66.7 Å². The minimum Gasteiger partial charge on any atom is -0.158 e. The van der Waals surface area contributed by atoms with Gasteiger partial charge in [-0.3, -0.25) is 0 Å². The summed E-state index contributed by atoms with van der Waals surface area (Å²) >= 11 is 0. The van der Waals surface area contributed by atoms with E-state index in [2.05, 4.69) is 96.8 Å². The van der Waals surface area contributed by atoms with Crippen LogP contribution in [0.5, 0.6) is 0 Å². The first-order valence-corrected chi connectivity index (χ1v) is 8.42. The largest absolute Gasteiger partial charge is 0.205 e. The highest BCUT2D eigenvalue weighted by atomic mass is 15.6. The molecule has 0 radical (unpaired) electrons. The summed E-state index contributed by atoms with van der Waals surface area (Å²) in [7, 11) is 0. The molecule has 0 spiro atoms. The smallest absolute Gasteiger partial charge is 0.158 e. The van der Waals surface area contributed by atoms with E-state index < -0.39 is 0 Å². The van der Waals surface area contributed by atoms with Gasteiger partial charge in [0.05, 0.1) is 5.54 Å². The van der Waals surface area contributed by atoms with Crippen LogP contribution in [0, 0.1) is 0 Å². The van der Waals surface area contributed by atoms with Gasteiger partial charge in [-0.1, -0.05) is 66.7 Å². The summed E-state index contributed by atoms with van der Waals surface area (Å²) in [6, 6.07) is 23.0. The SMILES string of the molecule is CC(C)(C)n1nnc(-c2ccccc2-c2cccc3ccccc23)n1. The minimum atomic E-state index is -0.195. The van der Waals surface area contributed by atoms with Crippen LogP contribution in [0.3, 0.4) is 0 Å². The second-order valence-corrected chi connectivity index (χ2v) is 7.15. The van der Waals surface area contributed by atoms with Gasteiger partial charge in [-0.15, -0.1) is 10.2 Å². The number of aromatic nitrogens is 4. The normalized spacial score (nSPS) is 11.8. The molecule has 4 aromatic rings. The highest BCUT2D eigenvalue weighted by Gasteiger charge is 2.19. The average molecular weight is 328 g/mol. The van der Waals surface area contributed by atoms with Gasteiger partial charge in [0.2, 0.25) is 5.82 Å². The summed E-state index contributed by atoms with van der Waals surface area (Å²) < 4.78 is 0. The maximum Gasteiger partial charge on any atom is 0.205 e. The Morgan fingerprint density at radius 2 is 1.36 bits per heavy atom. The van der Waals surface area contributed by atoms with Crippen molar-refractivity contribution < 1.29 is 0 Å². The van der Waals surface area contributed by atoms with Crippen molar-refractivity contribution in [3.63, 3.8) is 0 Å². The molecule has 1 heterocycles. The Labute approximate surface area is 147 Å². The topological polar surface area (TPSA) is 43.6 Å². The maximum atomic E-state index is 4.61. The van der Waals surface area contributed by atoms with Crippen molar-refractivity contribution >= 4 is 10.8 Å². The molecule has 0 saturated carbocycles. The fourth-order valence-electron chi connectivity index (χ4n) is 2.98. The lowest BCUT2D eigenvalue weighted by atomic mass is 9.94. The molecule has 0 aliphatic heterocycles. The first kappa shape index (κ1) is 15.5. The van der Waals surface area contributed by atoms with Crippen LogP contribution in [0.1, 0.15) is 20.8 Å². The summed E-state index contributed by atoms with van der Waals surface area (Å²) in [6.45, 7) is 6.19. The van der Waals surface area contributed by atoms with E-state index in [9.17, 15) is 0 Å². The van der Waals surface area contributed by atoms with Crippen molar-refractivity contribution in [2.75, 3.05) is 0 Å². The molecule has 1 aromatic heterocycles. The first-order chi connectivity index (χ1) is 12.0. The van der Waals surface area contributed by atoms with Crippen molar-refractivity contribution in [1.82, 2.24) is 20.2 Å². The molecule has 124 valence electrons. The lowest BCUT2D eigenvalue weighted by Crippen LogP contribution is -2.24. The molecule has 0 bridgehead atoms. The second-order valence-electron chi connectivity index (χ2n) is 7.15. The molecule has 25 heavy (non-hydrogen) atoms. The molecule has 0 unspecified atom stereocenters. The maximum absolute atomic E-state index is 4.61. The van der Waals surface area contributed by atoms with Gasteiger partial charge in [-0.05, 0) is 47.9 Å². The van der Waals surface area contributed by atoms with Crippen LogP contribution in [0.15, 0.2) is 66.7 Å². The zero-order chi connectivity index (χ0) is 17.4. The van der Waals surface area contributed by atoms with Crippen molar-refractivity contribution in [3.8, 4) is 22.5 Å². The number of nitrogens with zero attached hydrogens (tertiary/aromatic N) is 4. The van der Waals surface area contributed by atoms with Crippen molar-refractivity contribution in [1.29, 1.82) is 0 Å². The lowest BCUT2D eigenvalue weighted by molar-refractivity contribution is 0.306. The quantitative estimate of drug-likeness (QED) is 0.525. The Morgan fingerprint density at radius 1 is 0.720 bits per heavy atom. The predicted octanol–water partition coefficient (Wildman–Crippen LogP) is 4.92. The molecule has 3 aromatic carbocycles. The highest BCUT2D eigenvalue weighted by Crippen LogP contribution is 2.34. The number of hydrogen-bond acceptors (Lipinski definition) is 3. The predicted molar refractivity (Wildman–Crippen MR) is 101 cm³/mol. The van der Waals surface area contributed by atoms with Crippen molar-refractivity contribution in [2.45, 2.75) is 26.3 Å². The number of hydrogen-bond donors (Lipinski definition) is 0. The number of tetrazole rings is 1. The molecule has 4 rings (SSSR count). The standard InChI is InChI=1S/C21H20N4/c1-21(2,3)25-23-20(22-24-25)19-13-7-6-12-18(19)17-14-8-10-15-9-4-5-11-16(15)17/h4-14H,1-3H3. The van der Waals surface area contributed by atoms with E-state index in [1.807, 2.05) is 6.07 Å². The molecule has 0 amide bonds. The minimum absolute atomic E-state index is 0.195. The van der Waals surface area contributed by atoms with E-state index >= 15 is 0 Å². The molecular weight excluding hydrogens is 308 g/mol. The molecule has 0 saturated heterocycles. The second kappa shape index (κ2) is 5.81. The van der Waals surface area contributed by atoms with Gasteiger partial charge in [0.25, 0.3) is 0 Å². The average Bonchev–Trinajstić information content (AvgIpc) is 3.12. The fraction of sp³-hybridized carbons (Fsp3) is 0.190. The first-order valence-electron chi connectivity index (χ1n) is 8.42. The number of benzene rings is 3. The van der Waals surface area contributed by atoms with Crippen LogP contribution < -0.4 is 0 Å². The van der Waals surface area contributed by atoms with E-state index in [-0.39, 0.29) is 5.54 Å². The summed E-state index contributed by atoms with van der Waals surface area (Å²) in [5, 5.41) is 15.6.